The molecule has 0 aliphatic heterocycles. The number of nitrogens with one attached hydrogen (secondary N) is 3. The molecule has 3 aromatic rings. The van der Waals surface area contributed by atoms with Crippen LogP contribution in [0, 0.1) is 0 Å². The van der Waals surface area contributed by atoms with Crippen LogP contribution in [-0.2, 0) is 6.42 Å². The van der Waals surface area contributed by atoms with Crippen LogP contribution in [0.15, 0.2) is 48.5 Å². The lowest BCUT2D eigenvalue weighted by Crippen LogP contribution is -2.20. The number of para-hydroxylation sites is 3. The van der Waals surface area contributed by atoms with Gasteiger partial charge in [-0.15, -0.1) is 0 Å². The maximum Gasteiger partial charge on any atom is 0.207 e. The summed E-state index contributed by atoms with van der Waals surface area (Å²) in [6, 6.07) is 16.0. The molecule has 5 heteroatoms. The molecule has 1 heterocycles. The fraction of sp³-hybridized carbons (Fsp3) is 0.125. The normalized spacial score (nSPS) is 10.5. The molecule has 1 aromatic heterocycles. The van der Waals surface area contributed by atoms with E-state index >= 15 is 0 Å². The van der Waals surface area contributed by atoms with Gasteiger partial charge in [0.05, 0.1) is 11.0 Å². The number of rotatable bonds is 3. The number of aromatic nitrogens is 2. The molecule has 2 aromatic carbocycles. The molecule has 0 fully saturated rings. The van der Waals surface area contributed by atoms with Crippen molar-refractivity contribution in [2.45, 2.75) is 13.3 Å². The summed E-state index contributed by atoms with van der Waals surface area (Å²) in [5.74, 6) is 0.641. The van der Waals surface area contributed by atoms with Gasteiger partial charge in [-0.05, 0) is 42.4 Å². The largest absolute Gasteiger partial charge is 0.332 e. The average Bonchev–Trinajstić information content (AvgIpc) is 2.89. The third-order valence-electron chi connectivity index (χ3n) is 3.27. The Morgan fingerprint density at radius 1 is 1.10 bits per heavy atom. The average molecular weight is 296 g/mol. The van der Waals surface area contributed by atoms with Crippen LogP contribution >= 0.6 is 12.2 Å². The van der Waals surface area contributed by atoms with Crippen LogP contribution in [-0.4, -0.2) is 15.1 Å². The number of fused-ring (bicyclic) bond motifs is 1. The molecule has 3 rings (SSSR count). The highest BCUT2D eigenvalue weighted by atomic mass is 32.1. The highest BCUT2D eigenvalue weighted by molar-refractivity contribution is 7.80. The van der Waals surface area contributed by atoms with Crippen LogP contribution in [0.4, 0.5) is 11.6 Å². The zero-order chi connectivity index (χ0) is 14.7. The number of H-pyrrole nitrogens is 1. The van der Waals surface area contributed by atoms with Gasteiger partial charge in [0.25, 0.3) is 0 Å². The van der Waals surface area contributed by atoms with Crippen LogP contribution in [0.25, 0.3) is 11.0 Å². The molecule has 0 aliphatic carbocycles. The van der Waals surface area contributed by atoms with E-state index < -0.39 is 0 Å². The highest BCUT2D eigenvalue weighted by Gasteiger charge is 2.05. The van der Waals surface area contributed by atoms with Gasteiger partial charge in [0.15, 0.2) is 5.11 Å². The summed E-state index contributed by atoms with van der Waals surface area (Å²) in [6.45, 7) is 2.12. The summed E-state index contributed by atoms with van der Waals surface area (Å²) in [5, 5.41) is 6.82. The Labute approximate surface area is 128 Å². The summed E-state index contributed by atoms with van der Waals surface area (Å²) >= 11 is 5.35. The second kappa shape index (κ2) is 5.93. The smallest absolute Gasteiger partial charge is 0.207 e. The molecular formula is C16H16N4S. The van der Waals surface area contributed by atoms with E-state index in [9.17, 15) is 0 Å². The van der Waals surface area contributed by atoms with Crippen molar-refractivity contribution in [3.8, 4) is 0 Å². The predicted octanol–water partition coefficient (Wildman–Crippen LogP) is 3.93. The lowest BCUT2D eigenvalue weighted by molar-refractivity contribution is 1.14. The summed E-state index contributed by atoms with van der Waals surface area (Å²) in [6.07, 6.45) is 0.955. The van der Waals surface area contributed by atoms with Gasteiger partial charge in [-0.3, -0.25) is 0 Å². The SMILES string of the molecule is CCc1ccccc1NC(=S)Nc1nc2ccccc2[nH]1. The second-order valence-corrected chi connectivity index (χ2v) is 5.10. The van der Waals surface area contributed by atoms with Gasteiger partial charge in [0.2, 0.25) is 5.95 Å². The molecule has 0 radical (unpaired) electrons. The van der Waals surface area contributed by atoms with Crippen molar-refractivity contribution in [2.75, 3.05) is 10.6 Å². The van der Waals surface area contributed by atoms with Gasteiger partial charge in [-0.25, -0.2) is 4.98 Å². The molecule has 3 N–H and O–H groups in total. The molecule has 0 amide bonds. The highest BCUT2D eigenvalue weighted by Crippen LogP contribution is 2.17. The van der Waals surface area contributed by atoms with Gasteiger partial charge >= 0.3 is 0 Å². The molecule has 0 atom stereocenters. The maximum atomic E-state index is 5.35. The fourth-order valence-corrected chi connectivity index (χ4v) is 2.43. The Morgan fingerprint density at radius 2 is 1.86 bits per heavy atom. The van der Waals surface area contributed by atoms with Gasteiger partial charge in [-0.2, -0.15) is 0 Å². The number of nitrogens with zero attached hydrogens (tertiary/aromatic N) is 1. The summed E-state index contributed by atoms with van der Waals surface area (Å²) in [7, 11) is 0. The minimum absolute atomic E-state index is 0.523. The van der Waals surface area contributed by atoms with Crippen LogP contribution in [0.5, 0.6) is 0 Å². The van der Waals surface area contributed by atoms with E-state index in [0.717, 1.165) is 23.1 Å². The summed E-state index contributed by atoms with van der Waals surface area (Å²) in [5.41, 5.74) is 4.15. The van der Waals surface area contributed by atoms with Crippen LogP contribution in [0.2, 0.25) is 0 Å². The van der Waals surface area contributed by atoms with E-state index in [4.69, 9.17) is 12.2 Å². The first kappa shape index (κ1) is 13.6. The van der Waals surface area contributed by atoms with E-state index in [1.54, 1.807) is 0 Å². The lowest BCUT2D eigenvalue weighted by atomic mass is 10.1. The molecule has 4 nitrogen and oxygen atoms in total. The second-order valence-electron chi connectivity index (χ2n) is 4.69. The Kier molecular flexibility index (Phi) is 3.83. The number of thiocarbonyl (C=S) groups is 1. The number of hydrogen-bond donors (Lipinski definition) is 3. The van der Waals surface area contributed by atoms with Gasteiger partial charge in [0.1, 0.15) is 0 Å². The zero-order valence-corrected chi connectivity index (χ0v) is 12.5. The Balaban J connectivity index is 1.74. The number of aryl methyl sites for hydroxylation is 1. The van der Waals surface area contributed by atoms with Gasteiger partial charge in [-0.1, -0.05) is 37.3 Å². The minimum Gasteiger partial charge on any atom is -0.332 e. The minimum atomic E-state index is 0.523. The van der Waals surface area contributed by atoms with Crippen molar-refractivity contribution in [2.24, 2.45) is 0 Å². The topological polar surface area (TPSA) is 52.7 Å². The van der Waals surface area contributed by atoms with E-state index in [1.165, 1.54) is 5.56 Å². The Hall–Kier alpha value is -2.40. The van der Waals surface area contributed by atoms with E-state index in [0.29, 0.717) is 11.1 Å². The third-order valence-corrected chi connectivity index (χ3v) is 3.47. The molecular weight excluding hydrogens is 280 g/mol. The first-order valence-electron chi connectivity index (χ1n) is 6.87. The molecule has 0 bridgehead atoms. The number of benzene rings is 2. The first-order valence-corrected chi connectivity index (χ1v) is 7.27. The van der Waals surface area contributed by atoms with Gasteiger partial charge in [0, 0.05) is 5.69 Å². The number of aromatic amines is 1. The molecule has 106 valence electrons. The maximum absolute atomic E-state index is 5.35. The lowest BCUT2D eigenvalue weighted by Gasteiger charge is -2.11. The van der Waals surface area contributed by atoms with E-state index in [2.05, 4.69) is 33.6 Å². The monoisotopic (exact) mass is 296 g/mol. The number of hydrogen-bond acceptors (Lipinski definition) is 2. The van der Waals surface area contributed by atoms with Crippen LogP contribution in [0.1, 0.15) is 12.5 Å². The van der Waals surface area contributed by atoms with E-state index in [-0.39, 0.29) is 0 Å². The van der Waals surface area contributed by atoms with Crippen LogP contribution < -0.4 is 10.6 Å². The molecule has 0 saturated carbocycles. The van der Waals surface area contributed by atoms with Crippen molar-refractivity contribution < 1.29 is 0 Å². The zero-order valence-electron chi connectivity index (χ0n) is 11.7. The molecule has 0 aliphatic rings. The van der Waals surface area contributed by atoms with E-state index in [1.807, 2.05) is 42.5 Å². The molecule has 0 spiro atoms. The molecule has 0 unspecified atom stereocenters. The van der Waals surface area contributed by atoms with Crippen molar-refractivity contribution in [3.63, 3.8) is 0 Å². The van der Waals surface area contributed by atoms with Crippen molar-refractivity contribution in [1.29, 1.82) is 0 Å². The number of anilines is 2. The summed E-state index contributed by atoms with van der Waals surface area (Å²) in [4.78, 5) is 7.63. The Morgan fingerprint density at radius 3 is 2.67 bits per heavy atom. The van der Waals surface area contributed by atoms with Crippen molar-refractivity contribution in [3.05, 3.63) is 54.1 Å². The molecule has 0 saturated heterocycles. The molecule has 21 heavy (non-hydrogen) atoms. The summed E-state index contributed by atoms with van der Waals surface area (Å²) < 4.78 is 0. The predicted molar refractivity (Wildman–Crippen MR) is 91.8 cm³/mol. The first-order chi connectivity index (χ1) is 10.3. The van der Waals surface area contributed by atoms with Crippen LogP contribution in [0.3, 0.4) is 0 Å². The van der Waals surface area contributed by atoms with Gasteiger partial charge < -0.3 is 15.6 Å². The fourth-order valence-electron chi connectivity index (χ4n) is 2.22. The third kappa shape index (κ3) is 3.03. The Bertz CT molecular complexity index is 746. The standard InChI is InChI=1S/C16H16N4S/c1-2-11-7-3-4-8-12(11)19-16(21)20-15-17-13-9-5-6-10-14(13)18-15/h3-10H,2H2,1H3,(H3,17,18,19,20,21). The van der Waals surface area contributed by atoms with Crippen molar-refractivity contribution in [1.82, 2.24) is 9.97 Å². The quantitative estimate of drug-likeness (QED) is 0.641. The van der Waals surface area contributed by atoms with Crippen molar-refractivity contribution >= 4 is 40.0 Å². The number of imidazole rings is 1.